The van der Waals surface area contributed by atoms with E-state index in [9.17, 15) is 0 Å². The maximum Gasteiger partial charge on any atom is 0.137 e. The lowest BCUT2D eigenvalue weighted by molar-refractivity contribution is 0.669. The third kappa shape index (κ3) is 4.01. The molecule has 0 aliphatic heterocycles. The second-order valence-electron chi connectivity index (χ2n) is 9.68. The van der Waals surface area contributed by atoms with Crippen LogP contribution in [0.15, 0.2) is 144 Å². The zero-order chi connectivity index (χ0) is 25.3. The van der Waals surface area contributed by atoms with Crippen LogP contribution in [0.3, 0.4) is 0 Å². The Hall–Kier alpha value is -4.82. The van der Waals surface area contributed by atoms with Gasteiger partial charge in [-0.25, -0.2) is 0 Å². The van der Waals surface area contributed by atoms with Gasteiger partial charge in [0, 0.05) is 33.8 Å². The van der Waals surface area contributed by atoms with Gasteiger partial charge in [0.1, 0.15) is 11.2 Å². The maximum atomic E-state index is 6.29. The molecule has 0 saturated heterocycles. The Balaban J connectivity index is 1.41. The molecule has 2 heteroatoms. The SMILES string of the molecule is C1=CC(c2ccccc2N(c2ccc(-c3ccccc3)cc2)c2ccc3c(c2)oc2ccccc23)=CCC1. The first kappa shape index (κ1) is 22.4. The summed E-state index contributed by atoms with van der Waals surface area (Å²) in [5, 5.41) is 2.28. The summed E-state index contributed by atoms with van der Waals surface area (Å²) in [7, 11) is 0. The number of rotatable bonds is 5. The number of furan rings is 1. The molecule has 0 N–H and O–H groups in total. The Morgan fingerprint density at radius 1 is 0.553 bits per heavy atom. The van der Waals surface area contributed by atoms with E-state index >= 15 is 0 Å². The van der Waals surface area contributed by atoms with E-state index in [2.05, 4.69) is 132 Å². The highest BCUT2D eigenvalue weighted by atomic mass is 16.3. The van der Waals surface area contributed by atoms with Gasteiger partial charge in [-0.2, -0.15) is 0 Å². The van der Waals surface area contributed by atoms with Crippen LogP contribution in [0.4, 0.5) is 17.1 Å². The van der Waals surface area contributed by atoms with Crippen molar-refractivity contribution in [2.75, 3.05) is 4.90 Å². The number of para-hydroxylation sites is 2. The monoisotopic (exact) mass is 489 g/mol. The molecule has 0 spiro atoms. The zero-order valence-electron chi connectivity index (χ0n) is 21.0. The first-order valence-corrected chi connectivity index (χ1v) is 13.2. The van der Waals surface area contributed by atoms with Crippen LogP contribution >= 0.6 is 0 Å². The predicted octanol–water partition coefficient (Wildman–Crippen LogP) is 10.5. The maximum absolute atomic E-state index is 6.29. The number of hydrogen-bond donors (Lipinski definition) is 0. The van der Waals surface area contributed by atoms with Gasteiger partial charge < -0.3 is 9.32 Å². The van der Waals surface area contributed by atoms with Gasteiger partial charge in [-0.1, -0.05) is 97.1 Å². The fourth-order valence-corrected chi connectivity index (χ4v) is 5.44. The van der Waals surface area contributed by atoms with Gasteiger partial charge in [0.2, 0.25) is 0 Å². The lowest BCUT2D eigenvalue weighted by Gasteiger charge is -2.28. The van der Waals surface area contributed by atoms with Gasteiger partial charge >= 0.3 is 0 Å². The molecule has 0 fully saturated rings. The minimum atomic E-state index is 0.892. The van der Waals surface area contributed by atoms with Crippen LogP contribution in [0.2, 0.25) is 0 Å². The molecule has 7 rings (SSSR count). The highest BCUT2D eigenvalue weighted by molar-refractivity contribution is 6.06. The average Bonchev–Trinajstić information content (AvgIpc) is 3.37. The highest BCUT2D eigenvalue weighted by Gasteiger charge is 2.19. The quantitative estimate of drug-likeness (QED) is 0.239. The van der Waals surface area contributed by atoms with Gasteiger partial charge in [-0.15, -0.1) is 0 Å². The van der Waals surface area contributed by atoms with Crippen LogP contribution in [0.25, 0.3) is 38.6 Å². The van der Waals surface area contributed by atoms with E-state index in [4.69, 9.17) is 4.42 Å². The van der Waals surface area contributed by atoms with Crippen molar-refractivity contribution < 1.29 is 4.42 Å². The largest absolute Gasteiger partial charge is 0.456 e. The lowest BCUT2D eigenvalue weighted by Crippen LogP contribution is -2.12. The van der Waals surface area contributed by atoms with Crippen LogP contribution < -0.4 is 4.90 Å². The van der Waals surface area contributed by atoms with Gasteiger partial charge in [-0.05, 0) is 65.9 Å². The minimum Gasteiger partial charge on any atom is -0.456 e. The first-order chi connectivity index (χ1) is 18.8. The molecule has 1 aromatic heterocycles. The van der Waals surface area contributed by atoms with Crippen LogP contribution in [0.5, 0.6) is 0 Å². The van der Waals surface area contributed by atoms with Crippen molar-refractivity contribution in [2.24, 2.45) is 0 Å². The molecule has 6 aromatic rings. The molecular weight excluding hydrogens is 462 g/mol. The predicted molar refractivity (Wildman–Crippen MR) is 160 cm³/mol. The Bertz CT molecular complexity index is 1810. The highest BCUT2D eigenvalue weighted by Crippen LogP contribution is 2.42. The fraction of sp³-hybridized carbons (Fsp3) is 0.0556. The number of hydrogen-bond acceptors (Lipinski definition) is 2. The second-order valence-corrected chi connectivity index (χ2v) is 9.68. The average molecular weight is 490 g/mol. The van der Waals surface area contributed by atoms with Crippen molar-refractivity contribution in [1.82, 2.24) is 0 Å². The third-order valence-electron chi connectivity index (χ3n) is 7.30. The molecule has 38 heavy (non-hydrogen) atoms. The minimum absolute atomic E-state index is 0.892. The van der Waals surface area contributed by atoms with Crippen molar-refractivity contribution in [3.8, 4) is 11.1 Å². The van der Waals surface area contributed by atoms with Gasteiger partial charge in [-0.3, -0.25) is 0 Å². The second kappa shape index (κ2) is 9.57. The molecule has 1 heterocycles. The number of benzene rings is 5. The zero-order valence-corrected chi connectivity index (χ0v) is 21.0. The van der Waals surface area contributed by atoms with Crippen LogP contribution in [-0.4, -0.2) is 0 Å². The summed E-state index contributed by atoms with van der Waals surface area (Å²) in [5.74, 6) is 0. The van der Waals surface area contributed by atoms with E-state index in [0.29, 0.717) is 0 Å². The van der Waals surface area contributed by atoms with Crippen LogP contribution in [0, 0.1) is 0 Å². The molecule has 0 radical (unpaired) electrons. The first-order valence-electron chi connectivity index (χ1n) is 13.2. The third-order valence-corrected chi connectivity index (χ3v) is 7.30. The molecule has 0 amide bonds. The molecule has 0 bridgehead atoms. The molecule has 0 saturated carbocycles. The van der Waals surface area contributed by atoms with E-state index in [1.165, 1.54) is 22.3 Å². The molecule has 2 nitrogen and oxygen atoms in total. The van der Waals surface area contributed by atoms with Gasteiger partial charge in [0.25, 0.3) is 0 Å². The standard InChI is InChI=1S/C36H27NO/c1-3-11-26(12-4-1)27-19-21-29(22-20-27)37(34-17-9-7-15-31(34)28-13-5-2-6-14-28)30-23-24-33-32-16-8-10-18-35(32)38-36(33)25-30/h1,3-5,7-25H,2,6H2. The van der Waals surface area contributed by atoms with E-state index in [0.717, 1.165) is 51.8 Å². The van der Waals surface area contributed by atoms with E-state index in [-0.39, 0.29) is 0 Å². The number of fused-ring (bicyclic) bond motifs is 3. The molecule has 1 aliphatic rings. The molecule has 0 atom stereocenters. The summed E-state index contributed by atoms with van der Waals surface area (Å²) in [4.78, 5) is 2.35. The normalized spacial score (nSPS) is 13.1. The molecule has 5 aromatic carbocycles. The lowest BCUT2D eigenvalue weighted by atomic mass is 9.97. The number of nitrogens with zero attached hydrogens (tertiary/aromatic N) is 1. The molecular formula is C36H27NO. The summed E-state index contributed by atoms with van der Waals surface area (Å²) in [6.45, 7) is 0. The van der Waals surface area contributed by atoms with Crippen LogP contribution in [-0.2, 0) is 0 Å². The van der Waals surface area contributed by atoms with Gasteiger partial charge in [0.05, 0.1) is 5.69 Å². The summed E-state index contributed by atoms with van der Waals surface area (Å²) in [6, 6.07) is 42.9. The van der Waals surface area contributed by atoms with E-state index in [1.807, 2.05) is 12.1 Å². The molecule has 0 unspecified atom stereocenters. The smallest absolute Gasteiger partial charge is 0.137 e. The Kier molecular flexibility index (Phi) is 5.64. The summed E-state index contributed by atoms with van der Waals surface area (Å²) in [6.07, 6.45) is 9.03. The van der Waals surface area contributed by atoms with E-state index in [1.54, 1.807) is 0 Å². The Labute approximate surface area is 222 Å². The number of anilines is 3. The van der Waals surface area contributed by atoms with Crippen molar-refractivity contribution in [3.63, 3.8) is 0 Å². The van der Waals surface area contributed by atoms with Gasteiger partial charge in [0.15, 0.2) is 0 Å². The topological polar surface area (TPSA) is 16.4 Å². The summed E-state index contributed by atoms with van der Waals surface area (Å²) >= 11 is 0. The fourth-order valence-electron chi connectivity index (χ4n) is 5.44. The van der Waals surface area contributed by atoms with E-state index < -0.39 is 0 Å². The van der Waals surface area contributed by atoms with Crippen LogP contribution in [0.1, 0.15) is 18.4 Å². The Morgan fingerprint density at radius 3 is 2.11 bits per heavy atom. The number of allylic oxidation sites excluding steroid dienone is 4. The molecule has 182 valence electrons. The van der Waals surface area contributed by atoms with Crippen molar-refractivity contribution >= 4 is 44.6 Å². The summed E-state index contributed by atoms with van der Waals surface area (Å²) < 4.78 is 6.29. The van der Waals surface area contributed by atoms with Crippen molar-refractivity contribution in [3.05, 3.63) is 145 Å². The summed E-state index contributed by atoms with van der Waals surface area (Å²) in [5.41, 5.74) is 10.0. The van der Waals surface area contributed by atoms with Crippen molar-refractivity contribution in [2.45, 2.75) is 12.8 Å². The Morgan fingerprint density at radius 2 is 1.26 bits per heavy atom. The van der Waals surface area contributed by atoms with Crippen molar-refractivity contribution in [1.29, 1.82) is 0 Å². The molecule has 1 aliphatic carbocycles.